The Balaban J connectivity index is 0.00000256. The number of fused-ring (bicyclic) bond motifs is 1. The van der Waals surface area contributed by atoms with Crippen LogP contribution in [0.25, 0.3) is 10.9 Å². The molecule has 0 saturated carbocycles. The monoisotopic (exact) mass is 521 g/mol. The molecule has 0 amide bonds. The van der Waals surface area contributed by atoms with E-state index in [4.69, 9.17) is 9.41 Å². The van der Waals surface area contributed by atoms with E-state index in [0.717, 1.165) is 44.3 Å². The standard InChI is InChI=1S/C23H31N5O.HI/c1-2-24-23(25-12-11-18-16-26-20-9-4-3-8-19(18)20)27-17-21(22-10-7-15-29-22)28-13-5-6-14-28;/h3-4,7-10,15-16,21,26H,2,5-6,11-14,17H2,1H3,(H2,24,25,27);1H. The van der Waals surface area contributed by atoms with Gasteiger partial charge in [0.15, 0.2) is 5.96 Å². The molecule has 3 N–H and O–H groups in total. The minimum atomic E-state index is 0. The molecular weight excluding hydrogens is 489 g/mol. The quantitative estimate of drug-likeness (QED) is 0.235. The topological polar surface area (TPSA) is 68.6 Å². The van der Waals surface area contributed by atoms with Crippen LogP contribution in [0.1, 0.15) is 37.1 Å². The van der Waals surface area contributed by atoms with E-state index in [1.165, 1.54) is 29.3 Å². The zero-order chi connectivity index (χ0) is 19.9. The summed E-state index contributed by atoms with van der Waals surface area (Å²) >= 11 is 0. The van der Waals surface area contributed by atoms with Crippen molar-refractivity contribution in [2.45, 2.75) is 32.2 Å². The predicted octanol–water partition coefficient (Wildman–Crippen LogP) is 4.31. The minimum absolute atomic E-state index is 0. The lowest BCUT2D eigenvalue weighted by atomic mass is 10.1. The van der Waals surface area contributed by atoms with Crippen LogP contribution in [0.2, 0.25) is 0 Å². The molecule has 0 radical (unpaired) electrons. The second-order valence-corrected chi connectivity index (χ2v) is 7.53. The zero-order valence-corrected chi connectivity index (χ0v) is 19.9. The average Bonchev–Trinajstić information content (AvgIpc) is 3.51. The summed E-state index contributed by atoms with van der Waals surface area (Å²) in [5.41, 5.74) is 2.52. The molecule has 1 unspecified atom stereocenters. The van der Waals surface area contributed by atoms with Gasteiger partial charge < -0.3 is 20.0 Å². The molecule has 162 valence electrons. The van der Waals surface area contributed by atoms with Crippen molar-refractivity contribution in [3.05, 3.63) is 60.2 Å². The number of halogens is 1. The van der Waals surface area contributed by atoms with Gasteiger partial charge in [-0.1, -0.05) is 18.2 Å². The zero-order valence-electron chi connectivity index (χ0n) is 17.6. The number of aliphatic imine (C=N–C) groups is 1. The van der Waals surface area contributed by atoms with Gasteiger partial charge in [-0.25, -0.2) is 0 Å². The van der Waals surface area contributed by atoms with Gasteiger partial charge in [0, 0.05) is 30.2 Å². The Kier molecular flexibility index (Phi) is 8.62. The van der Waals surface area contributed by atoms with E-state index in [1.807, 2.05) is 6.07 Å². The molecule has 2 aromatic heterocycles. The molecule has 1 aromatic carbocycles. The summed E-state index contributed by atoms with van der Waals surface area (Å²) in [5.74, 6) is 1.87. The Morgan fingerprint density at radius 3 is 2.77 bits per heavy atom. The van der Waals surface area contributed by atoms with Crippen molar-refractivity contribution in [1.29, 1.82) is 0 Å². The number of nitrogens with zero attached hydrogens (tertiary/aromatic N) is 2. The summed E-state index contributed by atoms with van der Waals surface area (Å²) in [6.45, 7) is 6.70. The summed E-state index contributed by atoms with van der Waals surface area (Å²) in [5, 5.41) is 8.16. The van der Waals surface area contributed by atoms with Gasteiger partial charge in [0.05, 0.1) is 18.8 Å². The summed E-state index contributed by atoms with van der Waals surface area (Å²) in [6, 6.07) is 12.7. The molecule has 3 heterocycles. The molecule has 0 aliphatic carbocycles. The lowest BCUT2D eigenvalue weighted by molar-refractivity contribution is 0.221. The van der Waals surface area contributed by atoms with Gasteiger partial charge in [-0.2, -0.15) is 0 Å². The highest BCUT2D eigenvalue weighted by molar-refractivity contribution is 14.0. The van der Waals surface area contributed by atoms with E-state index >= 15 is 0 Å². The van der Waals surface area contributed by atoms with Gasteiger partial charge in [-0.05, 0) is 63.0 Å². The number of H-pyrrole nitrogens is 1. The predicted molar refractivity (Wildman–Crippen MR) is 134 cm³/mol. The second-order valence-electron chi connectivity index (χ2n) is 7.53. The third-order valence-corrected chi connectivity index (χ3v) is 5.58. The first-order valence-corrected chi connectivity index (χ1v) is 10.7. The van der Waals surface area contributed by atoms with Crippen molar-refractivity contribution in [2.24, 2.45) is 4.99 Å². The molecule has 1 atom stereocenters. The largest absolute Gasteiger partial charge is 0.468 e. The highest BCUT2D eigenvalue weighted by atomic mass is 127. The van der Waals surface area contributed by atoms with Crippen LogP contribution >= 0.6 is 24.0 Å². The molecule has 1 aliphatic heterocycles. The molecule has 0 bridgehead atoms. The number of furan rings is 1. The van der Waals surface area contributed by atoms with Gasteiger partial charge in [-0.3, -0.25) is 9.89 Å². The second kappa shape index (κ2) is 11.4. The van der Waals surface area contributed by atoms with E-state index in [-0.39, 0.29) is 30.0 Å². The van der Waals surface area contributed by atoms with Gasteiger partial charge in [0.2, 0.25) is 0 Å². The van der Waals surface area contributed by atoms with Gasteiger partial charge >= 0.3 is 0 Å². The van der Waals surface area contributed by atoms with Crippen molar-refractivity contribution in [1.82, 2.24) is 20.5 Å². The molecular formula is C23H32IN5O. The molecule has 6 nitrogen and oxygen atoms in total. The maximum Gasteiger partial charge on any atom is 0.191 e. The number of hydrogen-bond acceptors (Lipinski definition) is 3. The van der Waals surface area contributed by atoms with Crippen LogP contribution in [0.4, 0.5) is 0 Å². The summed E-state index contributed by atoms with van der Waals surface area (Å²) < 4.78 is 5.72. The first-order valence-electron chi connectivity index (χ1n) is 10.7. The highest BCUT2D eigenvalue weighted by Crippen LogP contribution is 2.25. The first kappa shape index (κ1) is 22.7. The number of rotatable bonds is 8. The van der Waals surface area contributed by atoms with Crippen molar-refractivity contribution in [3.63, 3.8) is 0 Å². The van der Waals surface area contributed by atoms with Gasteiger partial charge in [0.25, 0.3) is 0 Å². The Hall–Kier alpha value is -2.00. The summed E-state index contributed by atoms with van der Waals surface area (Å²) in [4.78, 5) is 10.7. The van der Waals surface area contributed by atoms with Crippen molar-refractivity contribution in [2.75, 3.05) is 32.7 Å². The third kappa shape index (κ3) is 5.57. The lowest BCUT2D eigenvalue weighted by Gasteiger charge is -2.24. The van der Waals surface area contributed by atoms with Crippen molar-refractivity contribution >= 4 is 40.8 Å². The molecule has 30 heavy (non-hydrogen) atoms. The van der Waals surface area contributed by atoms with E-state index in [1.54, 1.807) is 6.26 Å². The Morgan fingerprint density at radius 1 is 1.17 bits per heavy atom. The van der Waals surface area contributed by atoms with E-state index in [2.05, 4.69) is 64.0 Å². The number of hydrogen-bond donors (Lipinski definition) is 3. The van der Waals surface area contributed by atoms with Crippen LogP contribution in [0, 0.1) is 0 Å². The molecule has 1 fully saturated rings. The average molecular weight is 521 g/mol. The number of para-hydroxylation sites is 1. The van der Waals surface area contributed by atoms with Crippen molar-refractivity contribution < 1.29 is 4.42 Å². The number of nitrogens with one attached hydrogen (secondary N) is 3. The van der Waals surface area contributed by atoms with Crippen LogP contribution in [-0.2, 0) is 6.42 Å². The number of aromatic amines is 1. The number of guanidine groups is 1. The maximum absolute atomic E-state index is 5.72. The summed E-state index contributed by atoms with van der Waals surface area (Å²) in [7, 11) is 0. The van der Waals surface area contributed by atoms with Crippen LogP contribution in [0.3, 0.4) is 0 Å². The van der Waals surface area contributed by atoms with Crippen LogP contribution in [0.15, 0.2) is 58.3 Å². The molecule has 3 aromatic rings. The fourth-order valence-corrected chi connectivity index (χ4v) is 4.09. The van der Waals surface area contributed by atoms with Crippen LogP contribution in [0.5, 0.6) is 0 Å². The van der Waals surface area contributed by atoms with Crippen LogP contribution in [-0.4, -0.2) is 48.6 Å². The fraction of sp³-hybridized carbons (Fsp3) is 0.435. The highest BCUT2D eigenvalue weighted by Gasteiger charge is 2.25. The molecule has 7 heteroatoms. The van der Waals surface area contributed by atoms with Crippen LogP contribution < -0.4 is 10.6 Å². The lowest BCUT2D eigenvalue weighted by Crippen LogP contribution is -2.39. The normalized spacial score (nSPS) is 15.8. The first-order chi connectivity index (χ1) is 14.3. The third-order valence-electron chi connectivity index (χ3n) is 5.58. The molecule has 4 rings (SSSR count). The smallest absolute Gasteiger partial charge is 0.191 e. The number of likely N-dealkylation sites (tertiary alicyclic amines) is 1. The molecule has 0 spiro atoms. The SMILES string of the molecule is CCNC(=NCC(c1ccco1)N1CCCC1)NCCc1c[nH]c2ccccc12.I. The fourth-order valence-electron chi connectivity index (χ4n) is 4.09. The van der Waals surface area contributed by atoms with Crippen molar-refractivity contribution in [3.8, 4) is 0 Å². The number of benzene rings is 1. The maximum atomic E-state index is 5.72. The minimum Gasteiger partial charge on any atom is -0.468 e. The number of aromatic nitrogens is 1. The Bertz CT molecular complexity index is 915. The molecule has 1 aliphatic rings. The van der Waals surface area contributed by atoms with E-state index < -0.39 is 0 Å². The Morgan fingerprint density at radius 2 is 2.00 bits per heavy atom. The summed E-state index contributed by atoms with van der Waals surface area (Å²) in [6.07, 6.45) is 7.32. The van der Waals surface area contributed by atoms with Gasteiger partial charge in [-0.15, -0.1) is 24.0 Å². The molecule has 1 saturated heterocycles. The van der Waals surface area contributed by atoms with E-state index in [0.29, 0.717) is 6.54 Å². The Labute approximate surface area is 195 Å². The van der Waals surface area contributed by atoms with Gasteiger partial charge in [0.1, 0.15) is 5.76 Å². The van der Waals surface area contributed by atoms with E-state index in [9.17, 15) is 0 Å².